The fourth-order valence-corrected chi connectivity index (χ4v) is 3.19. The van der Waals surface area contributed by atoms with Crippen molar-refractivity contribution in [2.45, 2.75) is 26.5 Å². The molecule has 1 saturated heterocycles. The Morgan fingerprint density at radius 2 is 1.88 bits per heavy atom. The third-order valence-electron chi connectivity index (χ3n) is 4.81. The van der Waals surface area contributed by atoms with Crippen molar-refractivity contribution in [1.82, 2.24) is 9.80 Å². The van der Waals surface area contributed by atoms with Crippen LogP contribution in [0, 0.1) is 5.92 Å². The molecule has 0 spiro atoms. The van der Waals surface area contributed by atoms with Crippen LogP contribution in [0.1, 0.15) is 19.4 Å². The summed E-state index contributed by atoms with van der Waals surface area (Å²) in [4.78, 5) is 9.54. The summed E-state index contributed by atoms with van der Waals surface area (Å²) < 4.78 is 5.24. The van der Waals surface area contributed by atoms with Crippen LogP contribution in [0.5, 0.6) is 0 Å². The lowest BCUT2D eigenvalue weighted by Gasteiger charge is -2.39. The second kappa shape index (κ2) is 11.7. The molecular formula is C19H34IN5O. The summed E-state index contributed by atoms with van der Waals surface area (Å²) in [6.07, 6.45) is 0. The molecule has 0 aliphatic carbocycles. The van der Waals surface area contributed by atoms with Crippen LogP contribution in [-0.4, -0.2) is 68.7 Å². The zero-order valence-corrected chi connectivity index (χ0v) is 18.8. The van der Waals surface area contributed by atoms with Crippen molar-refractivity contribution < 1.29 is 4.74 Å². The van der Waals surface area contributed by atoms with E-state index >= 15 is 0 Å². The largest absolute Gasteiger partial charge is 0.380 e. The van der Waals surface area contributed by atoms with Crippen molar-refractivity contribution in [2.24, 2.45) is 16.6 Å². The van der Waals surface area contributed by atoms with Gasteiger partial charge in [0.05, 0.1) is 13.2 Å². The molecule has 1 heterocycles. The average Bonchev–Trinajstić information content (AvgIpc) is 2.58. The van der Waals surface area contributed by atoms with E-state index in [-0.39, 0.29) is 24.0 Å². The lowest BCUT2D eigenvalue weighted by molar-refractivity contribution is 0.0926. The second-order valence-electron chi connectivity index (χ2n) is 7.09. The van der Waals surface area contributed by atoms with Gasteiger partial charge in [0.25, 0.3) is 0 Å². The predicted molar refractivity (Wildman–Crippen MR) is 120 cm³/mol. The number of benzene rings is 1. The number of nitrogens with one attached hydrogen (secondary N) is 1. The molecule has 7 heteroatoms. The van der Waals surface area contributed by atoms with Gasteiger partial charge in [0.1, 0.15) is 0 Å². The smallest absolute Gasteiger partial charge is 0.193 e. The van der Waals surface area contributed by atoms with Crippen LogP contribution in [0.2, 0.25) is 0 Å². The number of aliphatic imine (C=N–C) groups is 1. The first kappa shape index (κ1) is 23.1. The molecule has 0 bridgehead atoms. The summed E-state index contributed by atoms with van der Waals surface area (Å²) in [5.41, 5.74) is 8.16. The van der Waals surface area contributed by atoms with Crippen molar-refractivity contribution in [3.05, 3.63) is 29.8 Å². The van der Waals surface area contributed by atoms with Gasteiger partial charge in [-0.3, -0.25) is 9.89 Å². The Hall–Kier alpha value is -0.900. The molecule has 148 valence electrons. The number of guanidine groups is 1. The lowest BCUT2D eigenvalue weighted by atomic mass is 10.0. The minimum absolute atomic E-state index is 0. The molecule has 0 saturated carbocycles. The van der Waals surface area contributed by atoms with E-state index in [4.69, 9.17) is 10.5 Å². The fraction of sp³-hybridized carbons (Fsp3) is 0.632. The average molecular weight is 475 g/mol. The third kappa shape index (κ3) is 7.02. The molecule has 2 rings (SSSR count). The zero-order chi connectivity index (χ0) is 18.2. The summed E-state index contributed by atoms with van der Waals surface area (Å²) in [6.45, 7) is 10.2. The van der Waals surface area contributed by atoms with Gasteiger partial charge in [-0.2, -0.15) is 0 Å². The molecule has 1 atom stereocenters. The van der Waals surface area contributed by atoms with Gasteiger partial charge in [0.15, 0.2) is 5.96 Å². The van der Waals surface area contributed by atoms with E-state index in [1.165, 1.54) is 0 Å². The minimum Gasteiger partial charge on any atom is -0.380 e. The van der Waals surface area contributed by atoms with Crippen molar-refractivity contribution in [3.63, 3.8) is 0 Å². The number of para-hydroxylation sites is 1. The van der Waals surface area contributed by atoms with E-state index in [9.17, 15) is 0 Å². The quantitative estimate of drug-likeness (QED) is 0.361. The number of ether oxygens (including phenoxy) is 1. The van der Waals surface area contributed by atoms with Gasteiger partial charge in [0, 0.05) is 50.6 Å². The third-order valence-corrected chi connectivity index (χ3v) is 4.81. The number of piperazine rings is 1. The van der Waals surface area contributed by atoms with Gasteiger partial charge < -0.3 is 20.7 Å². The first-order chi connectivity index (χ1) is 12.0. The highest BCUT2D eigenvalue weighted by Gasteiger charge is 2.24. The Kier molecular flexibility index (Phi) is 10.4. The molecule has 1 fully saturated rings. The summed E-state index contributed by atoms with van der Waals surface area (Å²) in [5, 5.41) is 3.22. The minimum atomic E-state index is 0. The SMILES string of the molecule is COCc1ccccc1NC(N)=NCC(C(C)C)N1CCN(C)CC1.I. The maximum atomic E-state index is 6.14. The van der Waals surface area contributed by atoms with Gasteiger partial charge in [0.2, 0.25) is 0 Å². The van der Waals surface area contributed by atoms with Gasteiger partial charge in [-0.1, -0.05) is 32.0 Å². The Labute approximate surface area is 175 Å². The van der Waals surface area contributed by atoms with Crippen LogP contribution < -0.4 is 11.1 Å². The standard InChI is InChI=1S/C19H33N5O.HI/c1-15(2)18(24-11-9-23(3)10-12-24)13-21-19(20)22-17-8-6-5-7-16(17)14-25-4;/h5-8,15,18H,9-14H2,1-4H3,(H3,20,21,22);1H. The highest BCUT2D eigenvalue weighted by atomic mass is 127. The highest BCUT2D eigenvalue weighted by molar-refractivity contribution is 14.0. The molecule has 1 aliphatic heterocycles. The molecule has 1 aromatic carbocycles. The first-order valence-corrected chi connectivity index (χ1v) is 9.07. The topological polar surface area (TPSA) is 66.1 Å². The molecule has 0 aromatic heterocycles. The van der Waals surface area contributed by atoms with Crippen LogP contribution in [0.3, 0.4) is 0 Å². The van der Waals surface area contributed by atoms with E-state index in [0.29, 0.717) is 31.1 Å². The second-order valence-corrected chi connectivity index (χ2v) is 7.09. The predicted octanol–water partition coefficient (Wildman–Crippen LogP) is 2.45. The van der Waals surface area contributed by atoms with E-state index < -0.39 is 0 Å². The van der Waals surface area contributed by atoms with Crippen molar-refractivity contribution in [1.29, 1.82) is 0 Å². The maximum Gasteiger partial charge on any atom is 0.193 e. The van der Waals surface area contributed by atoms with E-state index in [2.05, 4.69) is 41.0 Å². The van der Waals surface area contributed by atoms with Crippen LogP contribution in [0.15, 0.2) is 29.3 Å². The lowest BCUT2D eigenvalue weighted by Crippen LogP contribution is -2.51. The molecule has 6 nitrogen and oxygen atoms in total. The Morgan fingerprint density at radius 3 is 2.50 bits per heavy atom. The number of anilines is 1. The zero-order valence-electron chi connectivity index (χ0n) is 16.4. The molecule has 3 N–H and O–H groups in total. The summed E-state index contributed by atoms with van der Waals surface area (Å²) in [7, 11) is 3.87. The van der Waals surface area contributed by atoms with Crippen molar-refractivity contribution >= 4 is 35.6 Å². The number of likely N-dealkylation sites (N-methyl/N-ethyl adjacent to an activating group) is 1. The van der Waals surface area contributed by atoms with Gasteiger partial charge in [-0.15, -0.1) is 24.0 Å². The molecule has 0 amide bonds. The van der Waals surface area contributed by atoms with Crippen LogP contribution >= 0.6 is 24.0 Å². The van der Waals surface area contributed by atoms with Gasteiger partial charge in [-0.05, 0) is 19.0 Å². The molecule has 26 heavy (non-hydrogen) atoms. The van der Waals surface area contributed by atoms with Crippen molar-refractivity contribution in [2.75, 3.05) is 52.2 Å². The summed E-state index contributed by atoms with van der Waals surface area (Å²) in [5.74, 6) is 1.00. The van der Waals surface area contributed by atoms with Crippen LogP contribution in [-0.2, 0) is 11.3 Å². The highest BCUT2D eigenvalue weighted by Crippen LogP contribution is 2.16. The molecule has 1 unspecified atom stereocenters. The van der Waals surface area contributed by atoms with Gasteiger partial charge >= 0.3 is 0 Å². The number of nitrogens with zero attached hydrogens (tertiary/aromatic N) is 3. The van der Waals surface area contributed by atoms with Crippen LogP contribution in [0.4, 0.5) is 5.69 Å². The molecule has 0 radical (unpaired) electrons. The number of methoxy groups -OCH3 is 1. The first-order valence-electron chi connectivity index (χ1n) is 9.07. The maximum absolute atomic E-state index is 6.14. The van der Waals surface area contributed by atoms with E-state index in [1.807, 2.05) is 24.3 Å². The number of rotatable bonds is 7. The fourth-order valence-electron chi connectivity index (χ4n) is 3.19. The molecule has 1 aliphatic rings. The number of halogens is 1. The van der Waals surface area contributed by atoms with Crippen molar-refractivity contribution in [3.8, 4) is 0 Å². The number of nitrogens with two attached hydrogens (primary N) is 1. The van der Waals surface area contributed by atoms with Crippen LogP contribution in [0.25, 0.3) is 0 Å². The van der Waals surface area contributed by atoms with E-state index in [0.717, 1.165) is 37.4 Å². The Bertz CT molecular complexity index is 559. The molecular weight excluding hydrogens is 441 g/mol. The normalized spacial score (nSPS) is 17.8. The number of hydrogen-bond acceptors (Lipinski definition) is 4. The monoisotopic (exact) mass is 475 g/mol. The van der Waals surface area contributed by atoms with Gasteiger partial charge in [-0.25, -0.2) is 0 Å². The molecule has 1 aromatic rings. The Morgan fingerprint density at radius 1 is 1.23 bits per heavy atom. The summed E-state index contributed by atoms with van der Waals surface area (Å²) >= 11 is 0. The Balaban J connectivity index is 0.00000338. The number of hydrogen-bond donors (Lipinski definition) is 2. The summed E-state index contributed by atoms with van der Waals surface area (Å²) in [6, 6.07) is 8.42. The van der Waals surface area contributed by atoms with E-state index in [1.54, 1.807) is 7.11 Å².